The predicted octanol–water partition coefficient (Wildman–Crippen LogP) is 1.54. The van der Waals surface area contributed by atoms with Crippen LogP contribution in [0.5, 0.6) is 0 Å². The molecule has 1 aliphatic rings. The molecule has 0 spiro atoms. The fraction of sp³-hybridized carbons (Fsp3) is 0.364. The molecule has 1 aromatic carbocycles. The van der Waals surface area contributed by atoms with Gasteiger partial charge in [0.05, 0.1) is 0 Å². The second-order valence-corrected chi connectivity index (χ2v) is 5.85. The van der Waals surface area contributed by atoms with Crippen molar-refractivity contribution in [1.82, 2.24) is 0 Å². The molecule has 1 aromatic rings. The Morgan fingerprint density at radius 1 is 1.39 bits per heavy atom. The van der Waals surface area contributed by atoms with Crippen LogP contribution in [-0.4, -0.2) is 26.1 Å². The van der Waals surface area contributed by atoms with Crippen LogP contribution in [0.25, 0.3) is 0 Å². The maximum atomic E-state index is 13.1. The predicted molar refractivity (Wildman–Crippen MR) is 61.9 cm³/mol. The lowest BCUT2D eigenvalue weighted by atomic mass is 10.2. The van der Waals surface area contributed by atoms with E-state index in [9.17, 15) is 21.5 Å². The molecule has 1 heterocycles. The van der Waals surface area contributed by atoms with Gasteiger partial charge in [-0.1, -0.05) is 6.07 Å². The minimum atomic E-state index is -4.76. The van der Waals surface area contributed by atoms with Crippen molar-refractivity contribution in [3.8, 4) is 0 Å². The van der Waals surface area contributed by atoms with Crippen LogP contribution in [0.15, 0.2) is 18.2 Å². The number of aryl methyl sites for hydroxylation is 1. The highest BCUT2D eigenvalue weighted by atomic mass is 32.3. The number of rotatable bonds is 2. The van der Waals surface area contributed by atoms with Crippen molar-refractivity contribution in [2.45, 2.75) is 18.6 Å². The van der Waals surface area contributed by atoms with Crippen LogP contribution >= 0.6 is 0 Å². The van der Waals surface area contributed by atoms with E-state index < -0.39 is 33.6 Å². The van der Waals surface area contributed by atoms with Gasteiger partial charge in [0.1, 0.15) is 11.1 Å². The Morgan fingerprint density at radius 2 is 2.06 bits per heavy atom. The normalized spacial score (nSPS) is 20.5. The molecule has 0 radical (unpaired) electrons. The lowest BCUT2D eigenvalue weighted by Crippen LogP contribution is -2.27. The van der Waals surface area contributed by atoms with Gasteiger partial charge in [-0.3, -0.25) is 4.79 Å². The molecular weight excluding hydrogens is 264 g/mol. The summed E-state index contributed by atoms with van der Waals surface area (Å²) in [4.78, 5) is 12.8. The topological polar surface area (TPSA) is 54.5 Å². The first-order valence-corrected chi connectivity index (χ1v) is 6.73. The Balaban J connectivity index is 2.35. The summed E-state index contributed by atoms with van der Waals surface area (Å²) in [5.41, 5.74) is 0.910. The van der Waals surface area contributed by atoms with Gasteiger partial charge in [-0.05, 0) is 24.6 Å². The average molecular weight is 275 g/mol. The Kier molecular flexibility index (Phi) is 3.10. The first-order valence-electron chi connectivity index (χ1n) is 5.29. The highest BCUT2D eigenvalue weighted by Gasteiger charge is 2.39. The number of anilines is 1. The summed E-state index contributed by atoms with van der Waals surface area (Å²) < 4.78 is 47.6. The van der Waals surface area contributed by atoms with E-state index >= 15 is 0 Å². The molecule has 0 saturated carbocycles. The number of benzene rings is 1. The molecule has 1 fully saturated rings. The molecule has 1 unspecified atom stereocenters. The first-order chi connectivity index (χ1) is 8.29. The van der Waals surface area contributed by atoms with Crippen molar-refractivity contribution in [3.05, 3.63) is 29.6 Å². The van der Waals surface area contributed by atoms with E-state index in [1.165, 1.54) is 12.1 Å². The quantitative estimate of drug-likeness (QED) is 0.769. The van der Waals surface area contributed by atoms with Gasteiger partial charge in [0.25, 0.3) is 0 Å². The van der Waals surface area contributed by atoms with Gasteiger partial charge in [0.2, 0.25) is 5.91 Å². The summed E-state index contributed by atoms with van der Waals surface area (Å²) in [6.07, 6.45) is -0.408. The number of hydrogen-bond acceptors (Lipinski definition) is 3. The Bertz CT molecular complexity index is 600. The molecule has 1 aliphatic heterocycles. The SMILES string of the molecule is Cc1ccc(F)cc1N1CC(S(=O)(=O)F)CC1=O. The minimum Gasteiger partial charge on any atom is -0.311 e. The van der Waals surface area contributed by atoms with E-state index in [0.29, 0.717) is 5.56 Å². The molecule has 7 heteroatoms. The molecule has 0 bridgehead atoms. The Hall–Kier alpha value is -1.50. The first kappa shape index (κ1) is 12.9. The molecule has 18 heavy (non-hydrogen) atoms. The van der Waals surface area contributed by atoms with Crippen molar-refractivity contribution < 1.29 is 21.5 Å². The Labute approximate surface area is 103 Å². The van der Waals surface area contributed by atoms with Crippen LogP contribution in [0.4, 0.5) is 14.0 Å². The van der Waals surface area contributed by atoms with Crippen molar-refractivity contribution in [2.24, 2.45) is 0 Å². The lowest BCUT2D eigenvalue weighted by Gasteiger charge is -2.18. The van der Waals surface area contributed by atoms with Crippen LogP contribution in [0.1, 0.15) is 12.0 Å². The molecule has 4 nitrogen and oxygen atoms in total. The summed E-state index contributed by atoms with van der Waals surface area (Å²) in [5.74, 6) is -1.05. The zero-order chi connectivity index (χ0) is 13.5. The molecule has 1 saturated heterocycles. The highest BCUT2D eigenvalue weighted by Crippen LogP contribution is 2.28. The van der Waals surface area contributed by atoms with Gasteiger partial charge in [-0.2, -0.15) is 8.42 Å². The van der Waals surface area contributed by atoms with Gasteiger partial charge in [0.15, 0.2) is 0 Å². The summed E-state index contributed by atoms with van der Waals surface area (Å²) in [6, 6.07) is 3.86. The molecule has 1 amide bonds. The fourth-order valence-electron chi connectivity index (χ4n) is 1.97. The number of nitrogens with zero attached hydrogens (tertiary/aromatic N) is 1. The fourth-order valence-corrected chi connectivity index (χ4v) is 2.64. The van der Waals surface area contributed by atoms with E-state index in [4.69, 9.17) is 0 Å². The van der Waals surface area contributed by atoms with E-state index in [-0.39, 0.29) is 12.2 Å². The standard InChI is InChI=1S/C11H11F2NO3S/c1-7-2-3-8(12)4-10(7)14-6-9(5-11(14)15)18(13,16)17/h2-4,9H,5-6H2,1H3. The molecule has 2 rings (SSSR count). The van der Waals surface area contributed by atoms with Crippen LogP contribution < -0.4 is 4.90 Å². The average Bonchev–Trinajstić information content (AvgIpc) is 2.64. The number of carbonyl (C=O) groups is 1. The summed E-state index contributed by atoms with van der Waals surface area (Å²) in [6.45, 7) is 1.39. The second-order valence-electron chi connectivity index (χ2n) is 4.24. The van der Waals surface area contributed by atoms with E-state index in [1.807, 2.05) is 0 Å². The highest BCUT2D eigenvalue weighted by molar-refractivity contribution is 7.87. The number of amides is 1. The van der Waals surface area contributed by atoms with Crippen molar-refractivity contribution in [1.29, 1.82) is 0 Å². The van der Waals surface area contributed by atoms with Crippen molar-refractivity contribution in [2.75, 3.05) is 11.4 Å². The largest absolute Gasteiger partial charge is 0.311 e. The molecule has 0 aliphatic carbocycles. The minimum absolute atomic E-state index is 0.276. The van der Waals surface area contributed by atoms with Crippen molar-refractivity contribution >= 4 is 21.8 Å². The lowest BCUT2D eigenvalue weighted by molar-refractivity contribution is -0.117. The number of halogens is 2. The molecule has 98 valence electrons. The van der Waals surface area contributed by atoms with E-state index in [0.717, 1.165) is 11.0 Å². The van der Waals surface area contributed by atoms with Crippen molar-refractivity contribution in [3.63, 3.8) is 0 Å². The number of hydrogen-bond donors (Lipinski definition) is 0. The van der Waals surface area contributed by atoms with Gasteiger partial charge < -0.3 is 4.90 Å². The monoisotopic (exact) mass is 275 g/mol. The summed E-state index contributed by atoms with van der Waals surface area (Å²) in [7, 11) is -4.76. The second kappa shape index (κ2) is 4.31. The molecule has 0 aromatic heterocycles. The van der Waals surface area contributed by atoms with Gasteiger partial charge in [-0.15, -0.1) is 3.89 Å². The zero-order valence-corrected chi connectivity index (χ0v) is 10.4. The third-order valence-corrected chi connectivity index (χ3v) is 4.06. The number of carbonyl (C=O) groups excluding carboxylic acids is 1. The summed E-state index contributed by atoms with van der Waals surface area (Å²) in [5, 5.41) is -1.37. The third kappa shape index (κ3) is 2.35. The van der Waals surface area contributed by atoms with Crippen LogP contribution in [0.3, 0.4) is 0 Å². The van der Waals surface area contributed by atoms with Crippen LogP contribution in [0.2, 0.25) is 0 Å². The van der Waals surface area contributed by atoms with E-state index in [2.05, 4.69) is 0 Å². The summed E-state index contributed by atoms with van der Waals surface area (Å²) >= 11 is 0. The third-order valence-electron chi connectivity index (χ3n) is 2.95. The zero-order valence-electron chi connectivity index (χ0n) is 9.56. The molecule has 1 atom stereocenters. The smallest absolute Gasteiger partial charge is 0.307 e. The van der Waals surface area contributed by atoms with Crippen LogP contribution in [0, 0.1) is 12.7 Å². The van der Waals surface area contributed by atoms with E-state index in [1.54, 1.807) is 6.92 Å². The molecule has 0 N–H and O–H groups in total. The van der Waals surface area contributed by atoms with Gasteiger partial charge in [0, 0.05) is 18.7 Å². The molecular formula is C11H11F2NO3S. The van der Waals surface area contributed by atoms with Gasteiger partial charge >= 0.3 is 10.2 Å². The van der Waals surface area contributed by atoms with Crippen LogP contribution in [-0.2, 0) is 15.0 Å². The Morgan fingerprint density at radius 3 is 2.61 bits per heavy atom. The van der Waals surface area contributed by atoms with Gasteiger partial charge in [-0.25, -0.2) is 4.39 Å². The maximum absolute atomic E-state index is 13.1. The maximum Gasteiger partial charge on any atom is 0.307 e.